The van der Waals surface area contributed by atoms with Crippen LogP contribution in [-0.2, 0) is 11.2 Å². The van der Waals surface area contributed by atoms with Gasteiger partial charge in [0.15, 0.2) is 0 Å². The Bertz CT molecular complexity index is 524. The third kappa shape index (κ3) is 3.03. The summed E-state index contributed by atoms with van der Waals surface area (Å²) in [6.45, 7) is 2.56. The summed E-state index contributed by atoms with van der Waals surface area (Å²) in [6.07, 6.45) is 2.38. The number of aromatic nitrogens is 1. The third-order valence-corrected chi connectivity index (χ3v) is 2.85. The van der Waals surface area contributed by atoms with Gasteiger partial charge in [0.05, 0.1) is 0 Å². The van der Waals surface area contributed by atoms with Crippen LogP contribution in [0, 0.1) is 0 Å². The normalized spacial score (nSPS) is 12.1. The molecule has 0 aliphatic heterocycles. The Hall–Kier alpha value is -1.52. The zero-order valence-electron chi connectivity index (χ0n) is 10.1. The van der Waals surface area contributed by atoms with E-state index in [0.717, 1.165) is 16.5 Å². The van der Waals surface area contributed by atoms with Gasteiger partial charge >= 0.3 is 5.97 Å². The molecule has 1 atom stereocenters. The highest BCUT2D eigenvalue weighted by molar-refractivity contribution is 5.85. The molecule has 0 saturated heterocycles. The maximum atomic E-state index is 11.1. The summed E-state index contributed by atoms with van der Waals surface area (Å²) < 4.78 is 0. The van der Waals surface area contributed by atoms with Crippen molar-refractivity contribution in [2.75, 3.05) is 6.54 Å². The van der Waals surface area contributed by atoms with Crippen molar-refractivity contribution in [1.82, 2.24) is 10.3 Å². The number of halogens is 1. The van der Waals surface area contributed by atoms with E-state index < -0.39 is 12.0 Å². The van der Waals surface area contributed by atoms with Gasteiger partial charge in [0.25, 0.3) is 0 Å². The molecule has 18 heavy (non-hydrogen) atoms. The summed E-state index contributed by atoms with van der Waals surface area (Å²) >= 11 is 0. The van der Waals surface area contributed by atoms with Gasteiger partial charge in [-0.2, -0.15) is 0 Å². The van der Waals surface area contributed by atoms with Crippen molar-refractivity contribution in [1.29, 1.82) is 0 Å². The van der Waals surface area contributed by atoms with Crippen LogP contribution in [0.1, 0.15) is 12.5 Å². The van der Waals surface area contributed by atoms with Crippen molar-refractivity contribution in [3.8, 4) is 0 Å². The van der Waals surface area contributed by atoms with Gasteiger partial charge in [-0.25, -0.2) is 0 Å². The Morgan fingerprint density at radius 1 is 1.44 bits per heavy atom. The van der Waals surface area contributed by atoms with Crippen LogP contribution in [0.2, 0.25) is 0 Å². The van der Waals surface area contributed by atoms with E-state index in [4.69, 9.17) is 5.11 Å². The lowest BCUT2D eigenvalue weighted by Crippen LogP contribution is -2.38. The first-order chi connectivity index (χ1) is 8.22. The monoisotopic (exact) mass is 268 g/mol. The first-order valence-corrected chi connectivity index (χ1v) is 5.73. The SMILES string of the molecule is CCN[C@@H](Cc1c[nH]c2ccccc12)C(=O)O.Cl. The standard InChI is InChI=1S/C13H16N2O2.ClH/c1-2-14-12(13(16)17)7-9-8-15-11-6-4-3-5-10(9)11;/h3-6,8,12,14-15H,2,7H2,1H3,(H,16,17);1H/t12-;/m0./s1. The van der Waals surface area contributed by atoms with Crippen LogP contribution in [0.5, 0.6) is 0 Å². The molecule has 1 aromatic heterocycles. The van der Waals surface area contributed by atoms with E-state index in [-0.39, 0.29) is 12.4 Å². The molecule has 1 aromatic carbocycles. The largest absolute Gasteiger partial charge is 0.480 e. The Morgan fingerprint density at radius 3 is 2.83 bits per heavy atom. The first kappa shape index (κ1) is 14.5. The fraction of sp³-hybridized carbons (Fsp3) is 0.308. The second-order valence-electron chi connectivity index (χ2n) is 4.01. The number of hydrogen-bond donors (Lipinski definition) is 3. The predicted octanol–water partition coefficient (Wildman–Crippen LogP) is 2.19. The summed E-state index contributed by atoms with van der Waals surface area (Å²) in [7, 11) is 0. The van der Waals surface area contributed by atoms with Gasteiger partial charge in [0.1, 0.15) is 6.04 Å². The molecular weight excluding hydrogens is 252 g/mol. The Kier molecular flexibility index (Phi) is 5.19. The minimum absolute atomic E-state index is 0. The molecule has 0 aliphatic rings. The molecule has 2 aromatic rings. The molecule has 0 saturated carbocycles. The number of aromatic amines is 1. The Balaban J connectivity index is 0.00000162. The van der Waals surface area contributed by atoms with Crippen molar-refractivity contribution in [2.24, 2.45) is 0 Å². The molecule has 0 bridgehead atoms. The van der Waals surface area contributed by atoms with Gasteiger partial charge in [-0.1, -0.05) is 25.1 Å². The zero-order valence-corrected chi connectivity index (χ0v) is 11.0. The van der Waals surface area contributed by atoms with E-state index in [9.17, 15) is 4.79 Å². The smallest absolute Gasteiger partial charge is 0.321 e. The van der Waals surface area contributed by atoms with E-state index >= 15 is 0 Å². The molecule has 0 aliphatic carbocycles. The lowest BCUT2D eigenvalue weighted by Gasteiger charge is -2.12. The van der Waals surface area contributed by atoms with Gasteiger partial charge in [-0.05, 0) is 18.2 Å². The van der Waals surface area contributed by atoms with Crippen LogP contribution in [0.25, 0.3) is 10.9 Å². The number of benzene rings is 1. The van der Waals surface area contributed by atoms with Crippen LogP contribution in [0.4, 0.5) is 0 Å². The van der Waals surface area contributed by atoms with E-state index in [1.807, 2.05) is 37.4 Å². The molecule has 0 amide bonds. The molecular formula is C13H17ClN2O2. The number of aliphatic carboxylic acids is 1. The van der Waals surface area contributed by atoms with E-state index in [1.54, 1.807) is 0 Å². The second kappa shape index (κ2) is 6.42. The molecule has 0 fully saturated rings. The van der Waals surface area contributed by atoms with Crippen molar-refractivity contribution in [3.05, 3.63) is 36.0 Å². The molecule has 0 spiro atoms. The van der Waals surface area contributed by atoms with Gasteiger partial charge < -0.3 is 15.4 Å². The summed E-state index contributed by atoms with van der Waals surface area (Å²) in [5, 5.41) is 13.2. The highest BCUT2D eigenvalue weighted by Gasteiger charge is 2.17. The van der Waals surface area contributed by atoms with E-state index in [1.165, 1.54) is 0 Å². The highest BCUT2D eigenvalue weighted by Crippen LogP contribution is 2.19. The van der Waals surface area contributed by atoms with Crippen LogP contribution < -0.4 is 5.32 Å². The fourth-order valence-corrected chi connectivity index (χ4v) is 2.01. The summed E-state index contributed by atoms with van der Waals surface area (Å²) in [4.78, 5) is 14.2. The summed E-state index contributed by atoms with van der Waals surface area (Å²) in [5.41, 5.74) is 2.08. The predicted molar refractivity (Wildman–Crippen MR) is 74.4 cm³/mol. The number of para-hydroxylation sites is 1. The Morgan fingerprint density at radius 2 is 2.17 bits per heavy atom. The summed E-state index contributed by atoms with van der Waals surface area (Å²) in [5.74, 6) is -0.808. The zero-order chi connectivity index (χ0) is 12.3. The number of likely N-dealkylation sites (N-methyl/N-ethyl adjacent to an activating group) is 1. The molecule has 2 rings (SSSR count). The van der Waals surface area contributed by atoms with Crippen LogP contribution in [0.3, 0.4) is 0 Å². The number of hydrogen-bond acceptors (Lipinski definition) is 2. The van der Waals surface area contributed by atoms with Crippen molar-refractivity contribution < 1.29 is 9.90 Å². The number of nitrogens with one attached hydrogen (secondary N) is 2. The first-order valence-electron chi connectivity index (χ1n) is 5.73. The lowest BCUT2D eigenvalue weighted by atomic mass is 10.1. The highest BCUT2D eigenvalue weighted by atomic mass is 35.5. The average molecular weight is 269 g/mol. The van der Waals surface area contributed by atoms with Crippen LogP contribution in [0.15, 0.2) is 30.5 Å². The maximum Gasteiger partial charge on any atom is 0.321 e. The Labute approximate surface area is 112 Å². The van der Waals surface area contributed by atoms with Crippen LogP contribution >= 0.6 is 12.4 Å². The molecule has 3 N–H and O–H groups in total. The number of carbonyl (C=O) groups is 1. The number of fused-ring (bicyclic) bond motifs is 1. The van der Waals surface area contributed by atoms with Gasteiger partial charge in [0.2, 0.25) is 0 Å². The van der Waals surface area contributed by atoms with E-state index in [0.29, 0.717) is 13.0 Å². The number of rotatable bonds is 5. The van der Waals surface area contributed by atoms with Gasteiger partial charge in [-0.15, -0.1) is 12.4 Å². The third-order valence-electron chi connectivity index (χ3n) is 2.85. The fourth-order valence-electron chi connectivity index (χ4n) is 2.01. The molecule has 1 heterocycles. The number of H-pyrrole nitrogens is 1. The van der Waals surface area contributed by atoms with E-state index in [2.05, 4.69) is 10.3 Å². The topological polar surface area (TPSA) is 65.1 Å². The number of carboxylic acids is 1. The molecule has 5 heteroatoms. The van der Waals surface area contributed by atoms with Crippen molar-refractivity contribution in [2.45, 2.75) is 19.4 Å². The average Bonchev–Trinajstić information content (AvgIpc) is 2.72. The van der Waals surface area contributed by atoms with Gasteiger partial charge in [-0.3, -0.25) is 4.79 Å². The number of carboxylic acid groups (broad SMARTS) is 1. The molecule has 4 nitrogen and oxygen atoms in total. The maximum absolute atomic E-state index is 11.1. The van der Waals surface area contributed by atoms with Crippen LogP contribution in [-0.4, -0.2) is 28.6 Å². The quantitative estimate of drug-likeness (QED) is 0.779. The molecule has 98 valence electrons. The molecule has 0 unspecified atom stereocenters. The van der Waals surface area contributed by atoms with Gasteiger partial charge in [0, 0.05) is 23.5 Å². The minimum Gasteiger partial charge on any atom is -0.480 e. The summed E-state index contributed by atoms with van der Waals surface area (Å²) in [6, 6.07) is 7.39. The van der Waals surface area contributed by atoms with Crippen molar-refractivity contribution >= 4 is 29.3 Å². The second-order valence-corrected chi connectivity index (χ2v) is 4.01. The minimum atomic E-state index is -0.808. The lowest BCUT2D eigenvalue weighted by molar-refractivity contribution is -0.139. The molecule has 0 radical (unpaired) electrons. The van der Waals surface area contributed by atoms with Crippen molar-refractivity contribution in [3.63, 3.8) is 0 Å².